The SMILES string of the molecule is O=S(=O)(O)C(F)(F)C(F)C(F)(F)F.[NaH]. The molecule has 0 radical (unpaired) electrons. The van der Waals surface area contributed by atoms with E-state index >= 15 is 0 Å². The molecule has 0 aliphatic carbocycles. The molecule has 0 spiro atoms. The summed E-state index contributed by atoms with van der Waals surface area (Å²) in [4.78, 5) is 0. The quantitative estimate of drug-likeness (QED) is 0.450. The van der Waals surface area contributed by atoms with Gasteiger partial charge in [0.25, 0.3) is 6.17 Å². The maximum absolute atomic E-state index is 11.9. The molecule has 0 saturated carbocycles. The van der Waals surface area contributed by atoms with Crippen LogP contribution in [0.3, 0.4) is 0 Å². The van der Waals surface area contributed by atoms with Gasteiger partial charge in [-0.1, -0.05) is 0 Å². The monoisotopic (exact) mass is 256 g/mol. The Kier molecular flexibility index (Phi) is 5.50. The van der Waals surface area contributed by atoms with E-state index in [-0.39, 0.29) is 29.6 Å². The van der Waals surface area contributed by atoms with Gasteiger partial charge in [0.05, 0.1) is 0 Å². The molecule has 3 nitrogen and oxygen atoms in total. The predicted molar refractivity (Wildman–Crippen MR) is 34.6 cm³/mol. The molecule has 0 fully saturated rings. The van der Waals surface area contributed by atoms with Crippen LogP contribution in [-0.2, 0) is 10.1 Å². The van der Waals surface area contributed by atoms with E-state index in [4.69, 9.17) is 4.55 Å². The van der Waals surface area contributed by atoms with Gasteiger partial charge in [0, 0.05) is 0 Å². The molecule has 0 heterocycles. The topological polar surface area (TPSA) is 54.4 Å². The van der Waals surface area contributed by atoms with Crippen LogP contribution >= 0.6 is 0 Å². The van der Waals surface area contributed by atoms with Gasteiger partial charge in [0.1, 0.15) is 0 Å². The van der Waals surface area contributed by atoms with Gasteiger partial charge < -0.3 is 0 Å². The molecule has 0 amide bonds. The molecule has 11 heteroatoms. The van der Waals surface area contributed by atoms with Crippen LogP contribution in [0.15, 0.2) is 0 Å². The van der Waals surface area contributed by atoms with E-state index in [0.29, 0.717) is 0 Å². The Morgan fingerprint density at radius 3 is 1.43 bits per heavy atom. The number of halogens is 6. The van der Waals surface area contributed by atoms with Crippen LogP contribution in [0.5, 0.6) is 0 Å². The first-order chi connectivity index (χ1) is 5.40. The van der Waals surface area contributed by atoms with E-state index in [9.17, 15) is 34.8 Å². The zero-order chi connectivity index (χ0) is 11.1. The van der Waals surface area contributed by atoms with Crippen LogP contribution in [0.25, 0.3) is 0 Å². The van der Waals surface area contributed by atoms with Crippen LogP contribution in [0.2, 0.25) is 0 Å². The number of alkyl halides is 6. The van der Waals surface area contributed by atoms with Gasteiger partial charge in [0.2, 0.25) is 0 Å². The van der Waals surface area contributed by atoms with Crippen molar-refractivity contribution in [3.63, 3.8) is 0 Å². The second-order valence-electron chi connectivity index (χ2n) is 1.94. The van der Waals surface area contributed by atoms with Gasteiger partial charge in [-0.05, 0) is 0 Å². The Hall–Kier alpha value is 0.490. The van der Waals surface area contributed by atoms with Crippen molar-refractivity contribution in [3.8, 4) is 0 Å². The van der Waals surface area contributed by atoms with Crippen molar-refractivity contribution in [2.45, 2.75) is 17.6 Å². The molecule has 14 heavy (non-hydrogen) atoms. The zero-order valence-electron chi connectivity index (χ0n) is 5.52. The van der Waals surface area contributed by atoms with Gasteiger partial charge in [-0.3, -0.25) is 4.55 Å². The fraction of sp³-hybridized carbons (Fsp3) is 1.00. The normalized spacial score (nSPS) is 15.9. The summed E-state index contributed by atoms with van der Waals surface area (Å²) >= 11 is 0. The Morgan fingerprint density at radius 2 is 1.36 bits per heavy atom. The third kappa shape index (κ3) is 3.57. The zero-order valence-corrected chi connectivity index (χ0v) is 6.33. The maximum atomic E-state index is 11.9. The Morgan fingerprint density at radius 1 is 1.07 bits per heavy atom. The van der Waals surface area contributed by atoms with Gasteiger partial charge in [-0.2, -0.15) is 30.4 Å². The van der Waals surface area contributed by atoms with Gasteiger partial charge in [0.15, 0.2) is 0 Å². The van der Waals surface area contributed by atoms with Crippen LogP contribution in [0.4, 0.5) is 26.3 Å². The van der Waals surface area contributed by atoms with Gasteiger partial charge >= 0.3 is 51.1 Å². The summed E-state index contributed by atoms with van der Waals surface area (Å²) in [6.45, 7) is 0. The summed E-state index contributed by atoms with van der Waals surface area (Å²) in [7, 11) is -6.41. The summed E-state index contributed by atoms with van der Waals surface area (Å²) in [5.74, 6) is 0. The Balaban J connectivity index is 0. The molecular weight excluding hydrogens is 253 g/mol. The molecule has 0 rings (SSSR count). The van der Waals surface area contributed by atoms with Crippen molar-refractivity contribution < 1.29 is 39.3 Å². The molecule has 1 atom stereocenters. The fourth-order valence-corrected chi connectivity index (χ4v) is 0.716. The van der Waals surface area contributed by atoms with E-state index in [2.05, 4.69) is 0 Å². The van der Waals surface area contributed by atoms with Crippen LogP contribution < -0.4 is 0 Å². The van der Waals surface area contributed by atoms with Crippen LogP contribution in [-0.4, -0.2) is 60.1 Å². The van der Waals surface area contributed by atoms with Crippen LogP contribution in [0.1, 0.15) is 0 Å². The van der Waals surface area contributed by atoms with E-state index in [1.807, 2.05) is 0 Å². The van der Waals surface area contributed by atoms with E-state index in [0.717, 1.165) is 0 Å². The first kappa shape index (κ1) is 16.9. The molecule has 1 unspecified atom stereocenters. The molecule has 0 bridgehead atoms. The number of rotatable bonds is 2. The Bertz CT molecular complexity index is 283. The van der Waals surface area contributed by atoms with Crippen LogP contribution in [0, 0.1) is 0 Å². The first-order valence-electron chi connectivity index (χ1n) is 2.46. The van der Waals surface area contributed by atoms with Crippen molar-refractivity contribution in [1.82, 2.24) is 0 Å². The molecule has 0 saturated heterocycles. The summed E-state index contributed by atoms with van der Waals surface area (Å²) in [5, 5.41) is -5.88. The third-order valence-corrected chi connectivity index (χ3v) is 1.82. The van der Waals surface area contributed by atoms with Crippen molar-refractivity contribution in [3.05, 3.63) is 0 Å². The van der Waals surface area contributed by atoms with Crippen molar-refractivity contribution in [1.29, 1.82) is 0 Å². The second kappa shape index (κ2) is 4.56. The molecule has 0 aromatic carbocycles. The predicted octanol–water partition coefficient (Wildman–Crippen LogP) is 0.719. The number of hydrogen-bond acceptors (Lipinski definition) is 2. The molecular formula is C3H3F6NaO3S. The average molecular weight is 256 g/mol. The molecule has 0 aliphatic heterocycles. The minimum atomic E-state index is -6.41. The fourth-order valence-electron chi connectivity index (χ4n) is 0.321. The van der Waals surface area contributed by atoms with Gasteiger partial charge in [-0.25, -0.2) is 4.39 Å². The van der Waals surface area contributed by atoms with Crippen molar-refractivity contribution in [2.75, 3.05) is 0 Å². The standard InChI is InChI=1S/C3H2F6O3S.Na.H/c4-1(2(5,6)7)3(8,9)13(10,11)12;;/h1H,(H,10,11,12);;. The minimum absolute atomic E-state index is 0. The van der Waals surface area contributed by atoms with E-state index in [1.54, 1.807) is 0 Å². The summed E-state index contributed by atoms with van der Waals surface area (Å²) in [6, 6.07) is 0. The molecule has 0 aromatic heterocycles. The number of hydrogen-bond donors (Lipinski definition) is 1. The third-order valence-electron chi connectivity index (χ3n) is 0.926. The summed E-state index contributed by atoms with van der Waals surface area (Å²) in [6.07, 6.45) is -11.0. The van der Waals surface area contributed by atoms with E-state index in [1.165, 1.54) is 0 Å². The van der Waals surface area contributed by atoms with Crippen molar-refractivity contribution >= 4 is 39.7 Å². The Labute approximate surface area is 96.5 Å². The van der Waals surface area contributed by atoms with E-state index < -0.39 is 27.7 Å². The molecule has 82 valence electrons. The second-order valence-corrected chi connectivity index (χ2v) is 3.44. The molecule has 0 aromatic rings. The first-order valence-corrected chi connectivity index (χ1v) is 3.90. The average Bonchev–Trinajstić information content (AvgIpc) is 1.81. The summed E-state index contributed by atoms with van der Waals surface area (Å²) < 4.78 is 96.1. The van der Waals surface area contributed by atoms with Gasteiger partial charge in [-0.15, -0.1) is 0 Å². The molecule has 1 N–H and O–H groups in total. The summed E-state index contributed by atoms with van der Waals surface area (Å²) in [5.41, 5.74) is 0. The van der Waals surface area contributed by atoms with Crippen molar-refractivity contribution in [2.24, 2.45) is 0 Å². The molecule has 0 aliphatic rings.